The minimum absolute atomic E-state index is 0. The second kappa shape index (κ2) is 47.0. The first-order valence-corrected chi connectivity index (χ1v) is 45.3. The predicted molar refractivity (Wildman–Crippen MR) is 459 cm³/mol. The number of carbonyl (C=O) groups is 8. The van der Waals surface area contributed by atoms with Gasteiger partial charge in [0.25, 0.3) is 30.1 Å². The number of hydrogen-bond donors (Lipinski definition) is 3. The van der Waals surface area contributed by atoms with Gasteiger partial charge in [-0.25, -0.2) is 63.0 Å². The molecule has 48 heteroatoms. The predicted octanol–water partition coefficient (Wildman–Crippen LogP) is 14.7. The van der Waals surface area contributed by atoms with Gasteiger partial charge in [-0.2, -0.15) is 0 Å². The number of ether oxygens (including phenoxy) is 6. The van der Waals surface area contributed by atoms with Gasteiger partial charge in [0.15, 0.2) is 17.5 Å². The Morgan fingerprint density at radius 3 is 1.06 bits per heavy atom. The molecule has 0 aliphatic heterocycles. The molecule has 0 spiro atoms. The average Bonchev–Trinajstić information content (AvgIpc) is 1.73. The molecule has 9 rings (SSSR count). The van der Waals surface area contributed by atoms with E-state index in [1.54, 1.807) is 71.9 Å². The fourth-order valence-corrected chi connectivity index (χ4v) is 17.6. The van der Waals surface area contributed by atoms with Gasteiger partial charge >= 0.3 is 49.0 Å². The van der Waals surface area contributed by atoms with Gasteiger partial charge in [0.2, 0.25) is 17.7 Å². The molecule has 6 aromatic carbocycles. The van der Waals surface area contributed by atoms with Crippen molar-refractivity contribution in [1.82, 2.24) is 29.7 Å². The maximum Gasteiger partial charge on any atom is 1.00 e. The zero-order valence-corrected chi connectivity index (χ0v) is 77.5. The van der Waals surface area contributed by atoms with E-state index in [1.165, 1.54) is 111 Å². The molecule has 0 atom stereocenters. The van der Waals surface area contributed by atoms with Crippen LogP contribution in [0.15, 0.2) is 138 Å². The molecule has 4 N–H and O–H groups in total. The van der Waals surface area contributed by atoms with E-state index in [0.717, 1.165) is 59.1 Å². The number of nitrogens with zero attached hydrogens (tertiary/aromatic N) is 8. The van der Waals surface area contributed by atoms with Crippen molar-refractivity contribution in [3.63, 3.8) is 0 Å². The molecule has 0 radical (unpaired) electrons. The number of carboxylic acid groups (broad SMARTS) is 2. The van der Waals surface area contributed by atoms with Crippen molar-refractivity contribution in [3.8, 4) is 34.5 Å². The number of thiazole rings is 3. The van der Waals surface area contributed by atoms with E-state index in [2.05, 4.69) is 24.4 Å². The maximum atomic E-state index is 15.5. The second-order valence-electron chi connectivity index (χ2n) is 27.9. The largest absolute Gasteiger partial charge is 1.00 e. The van der Waals surface area contributed by atoms with Crippen molar-refractivity contribution < 1.29 is 140 Å². The number of anilines is 3. The Labute approximate surface area is 770 Å². The topological polar surface area (TPSA) is 432 Å². The molecule has 670 valence electrons. The van der Waals surface area contributed by atoms with Gasteiger partial charge < -0.3 is 58.8 Å². The standard InChI is InChI=1S/C28H30Cl2FN3O8S2.C27H28Cl2FN3O8S2.C22H20Cl2FN3O6S2.Li.H2O/c1-17(35)33(14-26(36)40-5)10-6-7-18-11-19(29)8-9-22(18)41-23-13-21(31)24(12-20(23)30)44(38,39)34(25-15-43-16-32-25)27(37)42-28(2,3)4;1-16(34)32(13-25(35)36)9-5-6-17-10-18(28)7-8-21(17)40-22-12-20(30)23(11-19(22)29)43(38,39)33(24-14-42-15-31-24)26(37)41-27(2,3)4;1-13(29)28(10-22(30)31)6-2-3-14-7-15(23)4-5-18(14)34-19-9-17(25)20(8-16(19)24)36(32,33)27-21-11-35-12-26-21;;/h8-9,11-13,15-16H,6-7,10,14H2,1-5H3;7-8,10-12,14-15H,5-6,9,13H2,1-4H3,(H,35,36);4-5,7-9,11-12,27H,2-3,6,10H2,1H3,(H,30,31);;1H2/q;;;+1;/p-1. The fourth-order valence-electron chi connectivity index (χ4n) is 10.7. The third kappa shape index (κ3) is 31.3. The van der Waals surface area contributed by atoms with Crippen molar-refractivity contribution in [2.75, 3.05) is 59.7 Å². The fraction of sp³-hybridized carbons (Fsp3) is 0.312. The Bertz CT molecular complexity index is 5720. The van der Waals surface area contributed by atoms with Crippen LogP contribution in [0.5, 0.6) is 34.5 Å². The zero-order valence-electron chi connectivity index (χ0n) is 68.0. The molecule has 0 bridgehead atoms. The first kappa shape index (κ1) is 106. The number of aromatic nitrogens is 3. The van der Waals surface area contributed by atoms with Crippen LogP contribution in [-0.4, -0.2) is 176 Å². The van der Waals surface area contributed by atoms with Gasteiger partial charge in [-0.05, 0) is 170 Å². The van der Waals surface area contributed by atoms with E-state index in [4.69, 9.17) is 104 Å². The molecule has 9 aromatic rings. The minimum atomic E-state index is -4.89. The summed E-state index contributed by atoms with van der Waals surface area (Å²) >= 11 is 40.6. The minimum Gasteiger partial charge on any atom is -0.870 e. The molecule has 0 saturated carbocycles. The van der Waals surface area contributed by atoms with Gasteiger partial charge in [0.05, 0.1) is 38.7 Å². The number of aliphatic carboxylic acids is 2. The normalized spacial score (nSPS) is 11.3. The maximum absolute atomic E-state index is 15.5. The summed E-state index contributed by atoms with van der Waals surface area (Å²) < 4.78 is 160. The number of aryl methyl sites for hydroxylation is 3. The number of halogens is 9. The first-order valence-electron chi connectivity index (χ1n) is 35.9. The van der Waals surface area contributed by atoms with Crippen molar-refractivity contribution in [2.45, 2.75) is 127 Å². The number of esters is 1. The number of nitrogens with one attached hydrogen (secondary N) is 1. The number of carbonyl (C=O) groups excluding carboxylic acids is 6. The summed E-state index contributed by atoms with van der Waals surface area (Å²) in [5.41, 5.74) is 3.62. The molecular formula is C77H79Cl6F3LiN9O23S6. The van der Waals surface area contributed by atoms with Crippen LogP contribution >= 0.6 is 104 Å². The van der Waals surface area contributed by atoms with Gasteiger partial charge in [-0.3, -0.25) is 33.5 Å². The molecule has 5 amide bonds. The molecule has 0 saturated heterocycles. The van der Waals surface area contributed by atoms with E-state index in [0.29, 0.717) is 70.3 Å². The Morgan fingerprint density at radius 1 is 0.456 bits per heavy atom. The van der Waals surface area contributed by atoms with E-state index in [-0.39, 0.29) is 138 Å². The van der Waals surface area contributed by atoms with E-state index < -0.39 is 123 Å². The van der Waals surface area contributed by atoms with E-state index >= 15 is 8.78 Å². The van der Waals surface area contributed by atoms with Crippen LogP contribution in [0, 0.1) is 17.5 Å². The summed E-state index contributed by atoms with van der Waals surface area (Å²) in [4.78, 5) is 108. The number of sulfonamides is 3. The van der Waals surface area contributed by atoms with Gasteiger partial charge in [-0.1, -0.05) is 69.6 Å². The number of amides is 5. The summed E-state index contributed by atoms with van der Waals surface area (Å²) in [6.45, 7) is 12.6. The summed E-state index contributed by atoms with van der Waals surface area (Å²) in [6, 6.07) is 19.0. The van der Waals surface area contributed by atoms with Gasteiger partial charge in [-0.15, -0.1) is 42.6 Å². The van der Waals surface area contributed by atoms with E-state index in [1.807, 2.05) is 0 Å². The number of rotatable bonds is 33. The van der Waals surface area contributed by atoms with Crippen LogP contribution in [0.1, 0.15) is 98.3 Å². The van der Waals surface area contributed by atoms with Crippen molar-refractivity contribution in [3.05, 3.63) is 188 Å². The Hall–Kier alpha value is -9.29. The van der Waals surface area contributed by atoms with Crippen LogP contribution in [0.4, 0.5) is 40.2 Å². The molecule has 0 unspecified atom stereocenters. The SMILES string of the molecule is CC(=O)N(CCCc1cc(Cl)ccc1Oc1cc(F)c(S(=O)(=O)N(C(=O)OC(C)(C)C)c2cscn2)cc1Cl)CC(=O)O.CC(=O)N(CCCc1cc(Cl)ccc1Oc1cc(F)c(S(=O)(=O)Nc2cscn2)cc1Cl)CC(=O)O.COC(=O)CN(CCCc1cc(Cl)ccc1Oc1cc(F)c(S(=O)(=O)N(C(=O)OC(C)(C)C)c2cscn2)cc1Cl)C(C)=O.[Li+].[OH-]. The third-order valence-electron chi connectivity index (χ3n) is 16.2. The van der Waals surface area contributed by atoms with Crippen LogP contribution in [0.2, 0.25) is 30.1 Å². The smallest absolute Gasteiger partial charge is 0.870 e. The Kier molecular flexibility index (Phi) is 39.9. The van der Waals surface area contributed by atoms with Crippen molar-refractivity contribution in [2.24, 2.45) is 0 Å². The summed E-state index contributed by atoms with van der Waals surface area (Å²) in [5, 5.41) is 22.5. The number of benzene rings is 6. The third-order valence-corrected chi connectivity index (χ3v) is 24.3. The molecular weight excluding hydrogens is 1890 g/mol. The van der Waals surface area contributed by atoms with Gasteiger partial charge in [0.1, 0.15) is 97.5 Å². The molecule has 0 aliphatic rings. The number of hydrogen-bond acceptors (Lipinski definition) is 27. The van der Waals surface area contributed by atoms with Crippen LogP contribution < -0.4 is 46.4 Å². The van der Waals surface area contributed by atoms with E-state index in [9.17, 15) is 68.0 Å². The summed E-state index contributed by atoms with van der Waals surface area (Å²) in [7, 11) is -12.8. The molecule has 32 nitrogen and oxygen atoms in total. The monoisotopic (exact) mass is 1960 g/mol. The molecule has 0 aliphatic carbocycles. The molecule has 3 aromatic heterocycles. The van der Waals surface area contributed by atoms with Crippen molar-refractivity contribution in [1.29, 1.82) is 0 Å². The number of carboxylic acids is 2. The average molecular weight is 1970 g/mol. The Balaban J connectivity index is 0.000000332. The zero-order chi connectivity index (χ0) is 91.4. The quantitative estimate of drug-likeness (QED) is 0.0195. The van der Waals surface area contributed by atoms with Crippen LogP contribution in [-0.2, 0) is 92.3 Å². The summed E-state index contributed by atoms with van der Waals surface area (Å²) in [5.74, 6) is -7.84. The van der Waals surface area contributed by atoms with Crippen LogP contribution in [0.3, 0.4) is 0 Å². The van der Waals surface area contributed by atoms with Crippen LogP contribution in [0.25, 0.3) is 0 Å². The summed E-state index contributed by atoms with van der Waals surface area (Å²) in [6.07, 6.45) is -0.430. The first-order chi connectivity index (χ1) is 57.5. The second-order valence-corrected chi connectivity index (χ2v) is 37.7. The van der Waals surface area contributed by atoms with Gasteiger partial charge in [0, 0.05) is 89.8 Å². The molecule has 3 heterocycles. The molecule has 0 fully saturated rings. The molecule has 125 heavy (non-hydrogen) atoms. The van der Waals surface area contributed by atoms with Crippen molar-refractivity contribution >= 4 is 199 Å². The number of methoxy groups -OCH3 is 1. The Morgan fingerprint density at radius 2 is 0.768 bits per heavy atom.